The van der Waals surface area contributed by atoms with Crippen LogP contribution in [0.2, 0.25) is 10.0 Å². The molecule has 0 spiro atoms. The van der Waals surface area contributed by atoms with Gasteiger partial charge in [-0.2, -0.15) is 20.5 Å². The molecular weight excluding hydrogens is 970 g/mol. The first kappa shape index (κ1) is 51.6. The fraction of sp³-hybridized carbons (Fsp3) is 0.217. The number of ether oxygens (including phenoxy) is 2. The van der Waals surface area contributed by atoms with Gasteiger partial charge in [0, 0.05) is 46.0 Å². The first-order valence-electron chi connectivity index (χ1n) is 19.9. The summed E-state index contributed by atoms with van der Waals surface area (Å²) in [5.74, 6) is -2.83. The van der Waals surface area contributed by atoms with Crippen LogP contribution in [0.15, 0.2) is 111 Å². The minimum absolute atomic E-state index is 0.00790. The van der Waals surface area contributed by atoms with Gasteiger partial charge in [-0.3, -0.25) is 28.8 Å². The number of amides is 4. The molecule has 3 atom stereocenters. The Morgan fingerprint density at radius 2 is 1.00 bits per heavy atom. The van der Waals surface area contributed by atoms with Crippen molar-refractivity contribution in [3.63, 3.8) is 0 Å². The Hall–Kier alpha value is -6.43. The summed E-state index contributed by atoms with van der Waals surface area (Å²) in [7, 11) is 2.96. The highest BCUT2D eigenvalue weighted by molar-refractivity contribution is 6.37. The number of ketones is 2. The van der Waals surface area contributed by atoms with Gasteiger partial charge in [-0.05, 0) is 80.9 Å². The molecule has 4 amide bonds. The summed E-state index contributed by atoms with van der Waals surface area (Å²) in [6.45, 7) is 3.90. The third kappa shape index (κ3) is 13.1. The van der Waals surface area contributed by atoms with Crippen LogP contribution in [0.4, 0.5) is 34.1 Å². The lowest BCUT2D eigenvalue weighted by atomic mass is 10.1. The Balaban J connectivity index is 1.28. The number of Topliss-reactive ketones (excluding diaryl/α,β-unsaturated/α-hetero) is 2. The summed E-state index contributed by atoms with van der Waals surface area (Å²) in [6, 6.07) is 19.8. The van der Waals surface area contributed by atoms with Crippen molar-refractivity contribution in [3.05, 3.63) is 129 Å². The molecule has 348 valence electrons. The van der Waals surface area contributed by atoms with Gasteiger partial charge in [-0.1, -0.05) is 47.5 Å². The van der Waals surface area contributed by atoms with Gasteiger partial charge >= 0.3 is 0 Å². The van der Waals surface area contributed by atoms with Crippen molar-refractivity contribution in [2.24, 2.45) is 20.5 Å². The molecule has 5 aromatic rings. The van der Waals surface area contributed by atoms with E-state index in [1.54, 1.807) is 43.3 Å². The van der Waals surface area contributed by atoms with E-state index in [0.29, 0.717) is 28.4 Å². The zero-order chi connectivity index (χ0) is 48.9. The zero-order valence-corrected chi connectivity index (χ0v) is 40.0. The largest absolute Gasteiger partial charge is 0.496 e. The lowest BCUT2D eigenvalue weighted by molar-refractivity contribution is -0.127. The van der Waals surface area contributed by atoms with Gasteiger partial charge in [-0.15, -0.1) is 34.8 Å². The summed E-state index contributed by atoms with van der Waals surface area (Å²) in [4.78, 5) is 78.7. The summed E-state index contributed by atoms with van der Waals surface area (Å²) >= 11 is 31.5. The van der Waals surface area contributed by atoms with Crippen molar-refractivity contribution in [2.75, 3.05) is 35.5 Å². The predicted molar refractivity (Wildman–Crippen MR) is 260 cm³/mol. The Kier molecular flexibility index (Phi) is 18.3. The molecule has 0 radical (unpaired) electrons. The number of carbonyl (C=O) groups is 6. The highest BCUT2D eigenvalue weighted by Gasteiger charge is 2.27. The summed E-state index contributed by atoms with van der Waals surface area (Å²) in [5.41, 5.74) is 3.05. The van der Waals surface area contributed by atoms with E-state index in [-0.39, 0.29) is 55.7 Å². The van der Waals surface area contributed by atoms with E-state index in [0.717, 1.165) is 25.0 Å². The Morgan fingerprint density at radius 3 is 1.40 bits per heavy atom. The highest BCUT2D eigenvalue weighted by Crippen LogP contribution is 2.34. The molecule has 0 aromatic heterocycles. The number of methoxy groups -OCH3 is 2. The van der Waals surface area contributed by atoms with Crippen molar-refractivity contribution < 1.29 is 38.2 Å². The van der Waals surface area contributed by atoms with Gasteiger partial charge in [0.1, 0.15) is 22.9 Å². The molecule has 16 nitrogen and oxygen atoms in total. The van der Waals surface area contributed by atoms with Gasteiger partial charge in [-0.25, -0.2) is 0 Å². The molecule has 21 heteroatoms. The van der Waals surface area contributed by atoms with Crippen LogP contribution in [0.25, 0.3) is 0 Å². The Morgan fingerprint density at radius 1 is 0.582 bits per heavy atom. The van der Waals surface area contributed by atoms with E-state index >= 15 is 0 Å². The number of alkyl halides is 3. The topological polar surface area (TPSA) is 218 Å². The van der Waals surface area contributed by atoms with E-state index in [1.165, 1.54) is 68.8 Å². The standard InChI is InChI=1S/C46H41Cl5N8O8/c1-23(49)33-18-28(54-45(64)41(24(2)60)58-56-35-10-6-8-31(39(35)50)43(62)52-29-14-12-26(21-47)37(19-29)66-4)16-17-34(33)55-46(65)42(25(3)61)59-57-36-11-7-9-32(40(36)51)44(63)53-30-15-13-27(22-48)38(20-30)67-5/h6-20,23,41-42H,21-22H2,1-5H3,(H,52,62)(H,53,63)(H,54,64)(H,55,65). The van der Waals surface area contributed by atoms with E-state index in [9.17, 15) is 28.8 Å². The molecule has 0 aliphatic heterocycles. The van der Waals surface area contributed by atoms with E-state index in [4.69, 9.17) is 67.5 Å². The van der Waals surface area contributed by atoms with Gasteiger partial charge in [0.25, 0.3) is 23.6 Å². The second kappa shape index (κ2) is 23.8. The van der Waals surface area contributed by atoms with Crippen molar-refractivity contribution in [3.8, 4) is 11.5 Å². The molecule has 5 rings (SSSR count). The predicted octanol–water partition coefficient (Wildman–Crippen LogP) is 11.7. The smallest absolute Gasteiger partial charge is 0.258 e. The van der Waals surface area contributed by atoms with Crippen LogP contribution >= 0.6 is 58.0 Å². The number of anilines is 4. The third-order valence-corrected chi connectivity index (χ3v) is 11.3. The van der Waals surface area contributed by atoms with E-state index in [2.05, 4.69) is 41.7 Å². The van der Waals surface area contributed by atoms with Crippen molar-refractivity contribution in [1.82, 2.24) is 0 Å². The van der Waals surface area contributed by atoms with Crippen LogP contribution < -0.4 is 30.7 Å². The van der Waals surface area contributed by atoms with Crippen LogP contribution in [-0.2, 0) is 30.9 Å². The van der Waals surface area contributed by atoms with E-state index < -0.39 is 52.7 Å². The van der Waals surface area contributed by atoms with Gasteiger partial charge < -0.3 is 30.7 Å². The van der Waals surface area contributed by atoms with Crippen LogP contribution in [0.3, 0.4) is 0 Å². The minimum Gasteiger partial charge on any atom is -0.496 e. The van der Waals surface area contributed by atoms with Crippen LogP contribution in [0, 0.1) is 0 Å². The fourth-order valence-electron chi connectivity index (χ4n) is 6.18. The number of hydrogen-bond donors (Lipinski definition) is 4. The molecular formula is C46H41Cl5N8O8. The molecule has 4 N–H and O–H groups in total. The Bertz CT molecular complexity index is 2790. The molecule has 0 bridgehead atoms. The number of carbonyl (C=O) groups excluding carboxylic acids is 6. The number of benzene rings is 5. The molecule has 0 aliphatic carbocycles. The van der Waals surface area contributed by atoms with Gasteiger partial charge in [0.15, 0.2) is 11.6 Å². The number of nitrogens with zero attached hydrogens (tertiary/aromatic N) is 4. The maximum atomic E-state index is 13.5. The third-order valence-electron chi connectivity index (χ3n) is 9.66. The maximum absolute atomic E-state index is 13.5. The summed E-state index contributed by atoms with van der Waals surface area (Å²) < 4.78 is 10.7. The van der Waals surface area contributed by atoms with Gasteiger partial charge in [0.2, 0.25) is 12.1 Å². The van der Waals surface area contributed by atoms with Crippen molar-refractivity contribution in [2.45, 2.75) is 50.0 Å². The van der Waals surface area contributed by atoms with E-state index in [1.807, 2.05) is 0 Å². The molecule has 5 aromatic carbocycles. The number of nitrogens with one attached hydrogen (secondary N) is 4. The average Bonchev–Trinajstić information content (AvgIpc) is 3.30. The number of hydrogen-bond acceptors (Lipinski definition) is 12. The minimum atomic E-state index is -1.65. The normalized spacial score (nSPS) is 12.5. The van der Waals surface area contributed by atoms with Crippen LogP contribution in [0.5, 0.6) is 11.5 Å². The van der Waals surface area contributed by atoms with Gasteiger partial charge in [0.05, 0.1) is 52.5 Å². The lowest BCUT2D eigenvalue weighted by Crippen LogP contribution is -2.32. The second-order valence-electron chi connectivity index (χ2n) is 14.4. The maximum Gasteiger partial charge on any atom is 0.258 e. The highest BCUT2D eigenvalue weighted by atomic mass is 35.5. The van der Waals surface area contributed by atoms with Crippen LogP contribution in [0.1, 0.15) is 63.6 Å². The SMILES string of the molecule is COc1cc(NC(=O)c2cccc(N=NC(C(C)=O)C(=O)Nc3ccc(NC(=O)C(N=Nc4cccc(C(=O)Nc5ccc(CCl)c(OC)c5)c4Cl)C(C)=O)c(C(C)Cl)c3)c2Cl)ccc1CCl. The number of halogens is 5. The number of rotatable bonds is 19. The molecule has 0 fully saturated rings. The molecule has 0 saturated heterocycles. The average molecular weight is 1010 g/mol. The monoisotopic (exact) mass is 1010 g/mol. The molecule has 0 aliphatic rings. The van der Waals surface area contributed by atoms with Crippen molar-refractivity contribution in [1.29, 1.82) is 0 Å². The molecule has 67 heavy (non-hydrogen) atoms. The van der Waals surface area contributed by atoms with Crippen molar-refractivity contribution >= 4 is 127 Å². The summed E-state index contributed by atoms with van der Waals surface area (Å²) in [6.07, 6.45) is 0. The van der Waals surface area contributed by atoms with Crippen LogP contribution in [-0.4, -0.2) is 61.5 Å². The first-order valence-corrected chi connectivity index (χ1v) is 22.1. The summed E-state index contributed by atoms with van der Waals surface area (Å²) in [5, 5.41) is 25.8. The molecule has 0 heterocycles. The fourth-order valence-corrected chi connectivity index (χ4v) is 7.30. The molecule has 0 saturated carbocycles. The first-order chi connectivity index (χ1) is 32.0. The number of azo groups is 2. The Labute approximate surface area is 409 Å². The quantitative estimate of drug-likeness (QED) is 0.0353. The second-order valence-corrected chi connectivity index (χ2v) is 16.3. The molecule has 3 unspecified atom stereocenters. The zero-order valence-electron chi connectivity index (χ0n) is 36.3. The lowest BCUT2D eigenvalue weighted by Gasteiger charge is -2.17.